The summed E-state index contributed by atoms with van der Waals surface area (Å²) in [5, 5.41) is 2.63. The van der Waals surface area contributed by atoms with E-state index in [0.29, 0.717) is 44.9 Å². The van der Waals surface area contributed by atoms with Gasteiger partial charge >= 0.3 is 18.1 Å². The Morgan fingerprint density at radius 2 is 2.13 bits per heavy atom. The number of aromatic nitrogens is 2. The highest BCUT2D eigenvalue weighted by Gasteiger charge is 2.32. The number of likely N-dealkylation sites (tertiary alicyclic amines) is 1. The molecule has 0 saturated carbocycles. The molecule has 0 spiro atoms. The predicted octanol–water partition coefficient (Wildman–Crippen LogP) is 0.474. The molecule has 2 aliphatic rings. The van der Waals surface area contributed by atoms with Crippen molar-refractivity contribution in [2.75, 3.05) is 33.3 Å². The second kappa shape index (κ2) is 6.67. The Kier molecular flexibility index (Phi) is 4.45. The smallest absolute Gasteiger partial charge is 0.328 e. The number of nitrogens with one attached hydrogen (secondary N) is 1. The van der Waals surface area contributed by atoms with Gasteiger partial charge in [-0.1, -0.05) is 0 Å². The molecule has 0 aromatic carbocycles. The van der Waals surface area contributed by atoms with Crippen LogP contribution in [0, 0.1) is 0 Å². The first-order valence-electron chi connectivity index (χ1n) is 7.55. The number of piperidine rings is 1. The van der Waals surface area contributed by atoms with Crippen molar-refractivity contribution in [1.82, 2.24) is 25.1 Å². The fourth-order valence-corrected chi connectivity index (χ4v) is 2.65. The summed E-state index contributed by atoms with van der Waals surface area (Å²) >= 11 is 0. The molecule has 3 rings (SSSR count). The van der Waals surface area contributed by atoms with E-state index >= 15 is 0 Å². The first-order valence-corrected chi connectivity index (χ1v) is 7.55. The molecular formula is C14H19N5O4. The molecule has 9 nitrogen and oxygen atoms in total. The number of hydrogen-bond donors (Lipinski definition) is 1. The van der Waals surface area contributed by atoms with Crippen molar-refractivity contribution >= 4 is 12.1 Å². The number of urea groups is 2. The van der Waals surface area contributed by atoms with Crippen LogP contribution in [-0.4, -0.2) is 71.2 Å². The quantitative estimate of drug-likeness (QED) is 0.869. The van der Waals surface area contributed by atoms with Gasteiger partial charge in [-0.2, -0.15) is 4.98 Å². The Morgan fingerprint density at radius 3 is 2.78 bits per heavy atom. The number of methoxy groups -OCH3 is 1. The lowest BCUT2D eigenvalue weighted by molar-refractivity contribution is 0.0975. The minimum atomic E-state index is -0.318. The number of rotatable bonds is 3. The van der Waals surface area contributed by atoms with E-state index in [9.17, 15) is 9.59 Å². The molecular weight excluding hydrogens is 302 g/mol. The van der Waals surface area contributed by atoms with E-state index in [-0.39, 0.29) is 24.2 Å². The summed E-state index contributed by atoms with van der Waals surface area (Å²) in [5.41, 5.74) is 0. The molecule has 124 valence electrons. The summed E-state index contributed by atoms with van der Waals surface area (Å²) in [6, 6.07) is 1.38. The molecule has 0 unspecified atom stereocenters. The van der Waals surface area contributed by atoms with Gasteiger partial charge in [-0.25, -0.2) is 19.5 Å². The molecule has 1 aromatic heterocycles. The average molecular weight is 321 g/mol. The third-order valence-electron chi connectivity index (χ3n) is 3.88. The van der Waals surface area contributed by atoms with E-state index in [0.717, 1.165) is 0 Å². The van der Waals surface area contributed by atoms with Crippen molar-refractivity contribution in [2.45, 2.75) is 18.9 Å². The van der Waals surface area contributed by atoms with Crippen molar-refractivity contribution in [2.24, 2.45) is 0 Å². The predicted molar refractivity (Wildman–Crippen MR) is 79.3 cm³/mol. The molecule has 0 aliphatic carbocycles. The Balaban J connectivity index is 1.52. The number of ether oxygens (including phenoxy) is 2. The average Bonchev–Trinajstić information content (AvgIpc) is 3.01. The minimum absolute atomic E-state index is 0.0222. The third kappa shape index (κ3) is 3.43. The summed E-state index contributed by atoms with van der Waals surface area (Å²) in [5.74, 6) is 0.459. The lowest BCUT2D eigenvalue weighted by Gasteiger charge is -2.33. The number of amides is 4. The number of imide groups is 1. The maximum absolute atomic E-state index is 12.3. The van der Waals surface area contributed by atoms with Gasteiger partial charge in [0.2, 0.25) is 5.88 Å². The van der Waals surface area contributed by atoms with Crippen LogP contribution in [0.5, 0.6) is 11.9 Å². The number of nitrogens with zero attached hydrogens (tertiary/aromatic N) is 4. The van der Waals surface area contributed by atoms with Crippen LogP contribution in [0.4, 0.5) is 9.59 Å². The highest BCUT2D eigenvalue weighted by molar-refractivity contribution is 5.94. The summed E-state index contributed by atoms with van der Waals surface area (Å²) in [6.07, 6.45) is 2.93. The van der Waals surface area contributed by atoms with Crippen LogP contribution >= 0.6 is 0 Å². The Hall–Kier alpha value is -2.58. The normalized spacial score (nSPS) is 18.7. The van der Waals surface area contributed by atoms with Crippen LogP contribution in [0.25, 0.3) is 0 Å². The summed E-state index contributed by atoms with van der Waals surface area (Å²) in [4.78, 5) is 34.8. The van der Waals surface area contributed by atoms with Crippen LogP contribution in [0.15, 0.2) is 12.3 Å². The van der Waals surface area contributed by atoms with E-state index in [2.05, 4.69) is 15.3 Å². The molecule has 9 heteroatoms. The van der Waals surface area contributed by atoms with E-state index in [1.54, 1.807) is 17.2 Å². The lowest BCUT2D eigenvalue weighted by atomic mass is 10.1. The molecule has 3 heterocycles. The van der Waals surface area contributed by atoms with Gasteiger partial charge in [0.25, 0.3) is 0 Å². The van der Waals surface area contributed by atoms with Gasteiger partial charge in [0, 0.05) is 51.3 Å². The van der Waals surface area contributed by atoms with Crippen LogP contribution in [0.1, 0.15) is 12.8 Å². The fourth-order valence-electron chi connectivity index (χ4n) is 2.65. The zero-order chi connectivity index (χ0) is 16.2. The standard InChI is InChI=1S/C14H19N5O4/c1-22-12-15-5-2-11(17-12)23-10-3-7-18(8-4-10)14(21)19-9-6-16-13(19)20/h2,5,10H,3-4,6-9H2,1H3,(H,16,20). The maximum Gasteiger partial charge on any atom is 0.328 e. The topological polar surface area (TPSA) is 96.9 Å². The molecule has 0 radical (unpaired) electrons. The second-order valence-corrected chi connectivity index (χ2v) is 5.35. The van der Waals surface area contributed by atoms with Gasteiger partial charge in [0.05, 0.1) is 7.11 Å². The third-order valence-corrected chi connectivity index (χ3v) is 3.88. The monoisotopic (exact) mass is 321 g/mol. The fraction of sp³-hybridized carbons (Fsp3) is 0.571. The SMILES string of the molecule is COc1nccc(OC2CCN(C(=O)N3CCNC3=O)CC2)n1. The van der Waals surface area contributed by atoms with Gasteiger partial charge in [-0.15, -0.1) is 0 Å². The summed E-state index contributed by atoms with van der Waals surface area (Å²) in [7, 11) is 1.50. The van der Waals surface area contributed by atoms with Crippen molar-refractivity contribution in [3.05, 3.63) is 12.3 Å². The number of carbonyl (C=O) groups excluding carboxylic acids is 2. The zero-order valence-electron chi connectivity index (χ0n) is 12.9. The van der Waals surface area contributed by atoms with Gasteiger partial charge < -0.3 is 19.7 Å². The van der Waals surface area contributed by atoms with Crippen LogP contribution in [-0.2, 0) is 0 Å². The lowest BCUT2D eigenvalue weighted by Crippen LogP contribution is -2.49. The van der Waals surface area contributed by atoms with Gasteiger partial charge in [-0.05, 0) is 0 Å². The first kappa shape index (κ1) is 15.3. The highest BCUT2D eigenvalue weighted by atomic mass is 16.5. The molecule has 0 bridgehead atoms. The van der Waals surface area contributed by atoms with E-state index in [1.165, 1.54) is 12.0 Å². The van der Waals surface area contributed by atoms with Crippen LogP contribution in [0.3, 0.4) is 0 Å². The number of hydrogen-bond acceptors (Lipinski definition) is 6. The Bertz CT molecular complexity index is 588. The van der Waals surface area contributed by atoms with Crippen LogP contribution < -0.4 is 14.8 Å². The molecule has 2 fully saturated rings. The number of carbonyl (C=O) groups is 2. The Morgan fingerprint density at radius 1 is 1.35 bits per heavy atom. The van der Waals surface area contributed by atoms with Gasteiger partial charge in [0.15, 0.2) is 0 Å². The minimum Gasteiger partial charge on any atom is -0.474 e. The molecule has 4 amide bonds. The van der Waals surface area contributed by atoms with Crippen molar-refractivity contribution in [1.29, 1.82) is 0 Å². The van der Waals surface area contributed by atoms with Gasteiger partial charge in [-0.3, -0.25) is 0 Å². The first-order chi connectivity index (χ1) is 11.2. The van der Waals surface area contributed by atoms with Crippen molar-refractivity contribution < 1.29 is 19.1 Å². The van der Waals surface area contributed by atoms with Crippen LogP contribution in [0.2, 0.25) is 0 Å². The van der Waals surface area contributed by atoms with Gasteiger partial charge in [0.1, 0.15) is 6.10 Å². The van der Waals surface area contributed by atoms with Crippen molar-refractivity contribution in [3.63, 3.8) is 0 Å². The van der Waals surface area contributed by atoms with Crippen molar-refractivity contribution in [3.8, 4) is 11.9 Å². The molecule has 0 atom stereocenters. The summed E-state index contributed by atoms with van der Waals surface area (Å²) < 4.78 is 10.8. The van der Waals surface area contributed by atoms with E-state index in [1.807, 2.05) is 0 Å². The zero-order valence-corrected chi connectivity index (χ0v) is 12.9. The molecule has 1 aromatic rings. The molecule has 2 saturated heterocycles. The Labute approximate surface area is 133 Å². The summed E-state index contributed by atoms with van der Waals surface area (Å²) in [6.45, 7) is 2.04. The maximum atomic E-state index is 12.3. The van der Waals surface area contributed by atoms with E-state index in [4.69, 9.17) is 9.47 Å². The van der Waals surface area contributed by atoms with E-state index < -0.39 is 0 Å². The largest absolute Gasteiger partial charge is 0.474 e. The molecule has 2 aliphatic heterocycles. The molecule has 23 heavy (non-hydrogen) atoms. The molecule has 1 N–H and O–H groups in total. The highest BCUT2D eigenvalue weighted by Crippen LogP contribution is 2.19. The second-order valence-electron chi connectivity index (χ2n) is 5.35.